The monoisotopic (exact) mass is 326 g/mol. The van der Waals surface area contributed by atoms with Crippen molar-refractivity contribution in [2.45, 2.75) is 11.8 Å². The van der Waals surface area contributed by atoms with Crippen LogP contribution in [0.3, 0.4) is 0 Å². The van der Waals surface area contributed by atoms with Crippen molar-refractivity contribution in [3.8, 4) is 0 Å². The zero-order chi connectivity index (χ0) is 15.4. The summed E-state index contributed by atoms with van der Waals surface area (Å²) in [4.78, 5) is 24.4. The predicted molar refractivity (Wildman–Crippen MR) is 75.4 cm³/mol. The third kappa shape index (κ3) is 2.68. The van der Waals surface area contributed by atoms with Gasteiger partial charge in [-0.25, -0.2) is 0 Å². The van der Waals surface area contributed by atoms with Crippen LogP contribution in [0.25, 0.3) is 0 Å². The number of hydrogen-bond acceptors (Lipinski definition) is 4. The standard InChI is InChI=1S/C15H10O5S.Na.H/c1-8-2-4-10-12(6-8)15(17)13-7-9(21(18,19)20)3-5-11(13)14(10)16;;/h2-7H,1H3,(H,18,19,20);;/q;+1;-1. The van der Waals surface area contributed by atoms with Gasteiger partial charge in [-0.2, -0.15) is 8.42 Å². The molecule has 7 heteroatoms. The molecule has 0 aliphatic heterocycles. The van der Waals surface area contributed by atoms with Crippen molar-refractivity contribution in [2.24, 2.45) is 0 Å². The van der Waals surface area contributed by atoms with E-state index in [-0.39, 0.29) is 53.5 Å². The van der Waals surface area contributed by atoms with Crippen LogP contribution in [0.2, 0.25) is 0 Å². The summed E-state index contributed by atoms with van der Waals surface area (Å²) in [5, 5.41) is 0. The Hall–Kier alpha value is -1.31. The van der Waals surface area contributed by atoms with E-state index in [4.69, 9.17) is 4.55 Å². The summed E-state index contributed by atoms with van der Waals surface area (Å²) < 4.78 is 31.4. The fraction of sp³-hybridized carbons (Fsp3) is 0.0667. The van der Waals surface area contributed by atoms with Crippen LogP contribution < -0.4 is 29.6 Å². The predicted octanol–water partition coefficient (Wildman–Crippen LogP) is -0.866. The van der Waals surface area contributed by atoms with Gasteiger partial charge in [0.25, 0.3) is 10.1 Å². The molecule has 108 valence electrons. The molecule has 1 aliphatic rings. The van der Waals surface area contributed by atoms with Gasteiger partial charge in [-0.05, 0) is 31.2 Å². The van der Waals surface area contributed by atoms with Crippen LogP contribution in [0, 0.1) is 6.92 Å². The van der Waals surface area contributed by atoms with E-state index >= 15 is 0 Å². The minimum atomic E-state index is -4.43. The summed E-state index contributed by atoms with van der Waals surface area (Å²) in [6, 6.07) is 8.32. The zero-order valence-corrected chi connectivity index (χ0v) is 14.8. The van der Waals surface area contributed by atoms with Gasteiger partial charge in [0.05, 0.1) is 4.90 Å². The summed E-state index contributed by atoms with van der Waals surface area (Å²) >= 11 is 0. The maximum atomic E-state index is 12.5. The molecule has 0 bridgehead atoms. The molecule has 0 aromatic heterocycles. The number of carbonyl (C=O) groups is 2. The van der Waals surface area contributed by atoms with Crippen LogP contribution >= 0.6 is 0 Å². The average molecular weight is 326 g/mol. The normalized spacial score (nSPS) is 13.2. The molecule has 0 saturated carbocycles. The molecule has 5 nitrogen and oxygen atoms in total. The van der Waals surface area contributed by atoms with Crippen LogP contribution in [0.1, 0.15) is 38.8 Å². The Balaban J connectivity index is 0.00000132. The third-order valence-corrected chi connectivity index (χ3v) is 4.29. The Bertz CT molecular complexity index is 921. The number of carbonyl (C=O) groups excluding carboxylic acids is 2. The van der Waals surface area contributed by atoms with Gasteiger partial charge in [0.1, 0.15) is 0 Å². The van der Waals surface area contributed by atoms with Gasteiger partial charge in [-0.3, -0.25) is 14.1 Å². The summed E-state index contributed by atoms with van der Waals surface area (Å²) in [6.45, 7) is 1.79. The molecule has 0 spiro atoms. The number of aryl methyl sites for hydroxylation is 1. The summed E-state index contributed by atoms with van der Waals surface area (Å²) in [7, 11) is -4.43. The average Bonchev–Trinajstić information content (AvgIpc) is 2.43. The third-order valence-electron chi connectivity index (χ3n) is 3.44. The van der Waals surface area contributed by atoms with E-state index in [1.807, 2.05) is 0 Å². The molecule has 3 rings (SSSR count). The van der Waals surface area contributed by atoms with Crippen molar-refractivity contribution in [3.05, 3.63) is 64.2 Å². The molecule has 1 N–H and O–H groups in total. The van der Waals surface area contributed by atoms with Gasteiger partial charge >= 0.3 is 29.6 Å². The maximum Gasteiger partial charge on any atom is 1.00 e. The second-order valence-electron chi connectivity index (χ2n) is 4.89. The quantitative estimate of drug-likeness (QED) is 0.464. The van der Waals surface area contributed by atoms with Crippen molar-refractivity contribution >= 4 is 21.7 Å². The molecule has 0 heterocycles. The van der Waals surface area contributed by atoms with Gasteiger partial charge < -0.3 is 1.43 Å². The molecule has 0 saturated heterocycles. The van der Waals surface area contributed by atoms with Gasteiger partial charge in [0.2, 0.25) is 0 Å². The second-order valence-corrected chi connectivity index (χ2v) is 6.31. The second kappa shape index (κ2) is 5.72. The fourth-order valence-corrected chi connectivity index (χ4v) is 2.91. The Kier molecular flexibility index (Phi) is 4.43. The van der Waals surface area contributed by atoms with E-state index in [9.17, 15) is 18.0 Å². The number of ketones is 2. The molecule has 1 aliphatic carbocycles. The van der Waals surface area contributed by atoms with E-state index < -0.39 is 20.8 Å². The molecule has 22 heavy (non-hydrogen) atoms. The van der Waals surface area contributed by atoms with E-state index in [0.29, 0.717) is 5.56 Å². The topological polar surface area (TPSA) is 88.5 Å². The molecule has 0 amide bonds. The van der Waals surface area contributed by atoms with Crippen molar-refractivity contribution in [1.29, 1.82) is 0 Å². The van der Waals surface area contributed by atoms with Crippen LogP contribution in [0.15, 0.2) is 41.3 Å². The first-order valence-electron chi connectivity index (χ1n) is 6.10. The Morgan fingerprint density at radius 1 is 0.864 bits per heavy atom. The summed E-state index contributed by atoms with van der Waals surface area (Å²) in [5.41, 5.74) is 1.51. The van der Waals surface area contributed by atoms with Crippen molar-refractivity contribution < 1.29 is 53.5 Å². The van der Waals surface area contributed by atoms with Gasteiger partial charge in [0.15, 0.2) is 11.6 Å². The molecule has 2 aromatic carbocycles. The summed E-state index contributed by atoms with van der Waals surface area (Å²) in [6.07, 6.45) is 0. The number of hydrogen-bond donors (Lipinski definition) is 1. The van der Waals surface area contributed by atoms with E-state index in [1.54, 1.807) is 25.1 Å². The molecular formula is C15H11NaO5S. The molecule has 0 unspecified atom stereocenters. The number of fused-ring (bicyclic) bond motifs is 2. The van der Waals surface area contributed by atoms with Crippen LogP contribution in [0.5, 0.6) is 0 Å². The number of benzene rings is 2. The Morgan fingerprint density at radius 3 is 1.95 bits per heavy atom. The fourth-order valence-electron chi connectivity index (χ4n) is 2.40. The van der Waals surface area contributed by atoms with Crippen molar-refractivity contribution in [3.63, 3.8) is 0 Å². The molecule has 0 fully saturated rings. The van der Waals surface area contributed by atoms with E-state index in [1.165, 1.54) is 6.07 Å². The maximum absolute atomic E-state index is 12.5. The first-order valence-corrected chi connectivity index (χ1v) is 7.54. The zero-order valence-electron chi connectivity index (χ0n) is 13.0. The minimum absolute atomic E-state index is 0. The van der Waals surface area contributed by atoms with Gasteiger partial charge in [-0.1, -0.05) is 17.7 Å². The molecular weight excluding hydrogens is 315 g/mol. The molecule has 0 radical (unpaired) electrons. The number of rotatable bonds is 1. The summed E-state index contributed by atoms with van der Waals surface area (Å²) in [5.74, 6) is -0.754. The molecule has 2 aromatic rings. The Morgan fingerprint density at radius 2 is 1.36 bits per heavy atom. The van der Waals surface area contributed by atoms with Crippen LogP contribution in [0.4, 0.5) is 0 Å². The van der Waals surface area contributed by atoms with E-state index in [2.05, 4.69) is 0 Å². The SMILES string of the molecule is Cc1ccc2c(c1)C(=O)c1cc(S(=O)(=O)O)ccc1C2=O.[H-].[Na+]. The largest absolute Gasteiger partial charge is 1.00 e. The molecule has 0 atom stereocenters. The van der Waals surface area contributed by atoms with Crippen LogP contribution in [-0.4, -0.2) is 24.5 Å². The first-order chi connectivity index (χ1) is 9.79. The van der Waals surface area contributed by atoms with Crippen molar-refractivity contribution in [2.75, 3.05) is 0 Å². The van der Waals surface area contributed by atoms with Gasteiger partial charge in [0, 0.05) is 22.3 Å². The van der Waals surface area contributed by atoms with E-state index in [0.717, 1.165) is 17.7 Å². The van der Waals surface area contributed by atoms with Crippen LogP contribution in [-0.2, 0) is 10.1 Å². The van der Waals surface area contributed by atoms with Crippen molar-refractivity contribution in [1.82, 2.24) is 0 Å². The smallest absolute Gasteiger partial charge is 1.00 e. The first kappa shape index (κ1) is 17.1. The minimum Gasteiger partial charge on any atom is -1.00 e. The van der Waals surface area contributed by atoms with Gasteiger partial charge in [-0.15, -0.1) is 0 Å². The Labute approximate surface area is 150 Å².